The van der Waals surface area contributed by atoms with Crippen LogP contribution >= 0.6 is 0 Å². The van der Waals surface area contributed by atoms with Gasteiger partial charge in [-0.15, -0.1) is 0 Å². The summed E-state index contributed by atoms with van der Waals surface area (Å²) in [5, 5.41) is 0. The highest BCUT2D eigenvalue weighted by Crippen LogP contribution is 2.19. The molecule has 0 aliphatic rings. The van der Waals surface area contributed by atoms with Crippen molar-refractivity contribution in [3.63, 3.8) is 0 Å². The fourth-order valence-electron chi connectivity index (χ4n) is 1.21. The average molecular weight is 214 g/mol. The molecule has 0 aromatic carbocycles. The van der Waals surface area contributed by atoms with Crippen molar-refractivity contribution < 1.29 is 14.3 Å². The summed E-state index contributed by atoms with van der Waals surface area (Å²) in [6.07, 6.45) is 1.87. The van der Waals surface area contributed by atoms with E-state index in [0.29, 0.717) is 19.4 Å². The summed E-state index contributed by atoms with van der Waals surface area (Å²) in [6.45, 7) is 8.44. The number of ether oxygens (including phenoxy) is 1. The molecule has 0 aliphatic carbocycles. The number of ketones is 1. The first-order valence-electron chi connectivity index (χ1n) is 5.52. The van der Waals surface area contributed by atoms with Gasteiger partial charge in [-0.25, -0.2) is 0 Å². The summed E-state index contributed by atoms with van der Waals surface area (Å²) >= 11 is 0. The van der Waals surface area contributed by atoms with Gasteiger partial charge in [-0.2, -0.15) is 0 Å². The number of hydrogen-bond acceptors (Lipinski definition) is 3. The van der Waals surface area contributed by atoms with Gasteiger partial charge in [0, 0.05) is 12.8 Å². The van der Waals surface area contributed by atoms with Crippen LogP contribution < -0.4 is 0 Å². The zero-order chi connectivity index (χ0) is 11.9. The van der Waals surface area contributed by atoms with Gasteiger partial charge >= 0.3 is 5.97 Å². The maximum Gasteiger partial charge on any atom is 0.306 e. The molecule has 0 aliphatic heterocycles. The number of rotatable bonds is 6. The standard InChI is InChI=1S/C12H22O3/c1-5-8-15-11(14)7-6-10(13)9-12(2,3)4/h5-9H2,1-4H3. The minimum atomic E-state index is -0.265. The van der Waals surface area contributed by atoms with Crippen molar-refractivity contribution in [2.75, 3.05) is 6.61 Å². The van der Waals surface area contributed by atoms with Gasteiger partial charge in [0.15, 0.2) is 0 Å². The summed E-state index contributed by atoms with van der Waals surface area (Å²) in [6, 6.07) is 0. The predicted molar refractivity (Wildman–Crippen MR) is 59.6 cm³/mol. The second-order valence-corrected chi connectivity index (χ2v) is 5.00. The summed E-state index contributed by atoms with van der Waals surface area (Å²) in [5.41, 5.74) is 0.00437. The first kappa shape index (κ1) is 14.1. The SMILES string of the molecule is CCCOC(=O)CCC(=O)CC(C)(C)C. The molecule has 0 aromatic rings. The Morgan fingerprint density at radius 3 is 2.20 bits per heavy atom. The Kier molecular flexibility index (Phi) is 6.21. The number of hydrogen-bond donors (Lipinski definition) is 0. The molecular formula is C12H22O3. The molecule has 0 atom stereocenters. The van der Waals surface area contributed by atoms with E-state index >= 15 is 0 Å². The van der Waals surface area contributed by atoms with Crippen LogP contribution in [0.2, 0.25) is 0 Å². The van der Waals surface area contributed by atoms with E-state index in [4.69, 9.17) is 4.74 Å². The van der Waals surface area contributed by atoms with Gasteiger partial charge < -0.3 is 4.74 Å². The van der Waals surface area contributed by atoms with Crippen molar-refractivity contribution in [3.05, 3.63) is 0 Å². The molecule has 0 aromatic heterocycles. The van der Waals surface area contributed by atoms with Gasteiger partial charge in [0.1, 0.15) is 5.78 Å². The van der Waals surface area contributed by atoms with Crippen molar-refractivity contribution in [2.45, 2.75) is 53.4 Å². The zero-order valence-corrected chi connectivity index (χ0v) is 10.3. The van der Waals surface area contributed by atoms with E-state index in [2.05, 4.69) is 0 Å². The Balaban J connectivity index is 3.67. The Bertz CT molecular complexity index is 213. The molecular weight excluding hydrogens is 192 g/mol. The van der Waals surface area contributed by atoms with E-state index in [1.807, 2.05) is 27.7 Å². The molecule has 0 N–H and O–H groups in total. The van der Waals surface area contributed by atoms with E-state index in [9.17, 15) is 9.59 Å². The van der Waals surface area contributed by atoms with Crippen LogP contribution in [0.5, 0.6) is 0 Å². The van der Waals surface area contributed by atoms with Gasteiger partial charge in [-0.05, 0) is 11.8 Å². The van der Waals surface area contributed by atoms with Crippen molar-refractivity contribution in [3.8, 4) is 0 Å². The normalized spacial score (nSPS) is 11.2. The topological polar surface area (TPSA) is 43.4 Å². The molecule has 0 saturated carbocycles. The van der Waals surface area contributed by atoms with Gasteiger partial charge in [-0.3, -0.25) is 9.59 Å². The van der Waals surface area contributed by atoms with E-state index in [-0.39, 0.29) is 23.6 Å². The van der Waals surface area contributed by atoms with Crippen LogP contribution in [-0.4, -0.2) is 18.4 Å². The highest BCUT2D eigenvalue weighted by Gasteiger charge is 2.16. The van der Waals surface area contributed by atoms with Crippen molar-refractivity contribution in [2.24, 2.45) is 5.41 Å². The molecule has 3 nitrogen and oxygen atoms in total. The summed E-state index contributed by atoms with van der Waals surface area (Å²) in [7, 11) is 0. The lowest BCUT2D eigenvalue weighted by atomic mass is 9.89. The van der Waals surface area contributed by atoms with E-state index in [1.165, 1.54) is 0 Å². The fraction of sp³-hybridized carbons (Fsp3) is 0.833. The molecule has 15 heavy (non-hydrogen) atoms. The molecule has 0 unspecified atom stereocenters. The Hall–Kier alpha value is -0.860. The van der Waals surface area contributed by atoms with Crippen molar-refractivity contribution in [1.82, 2.24) is 0 Å². The highest BCUT2D eigenvalue weighted by atomic mass is 16.5. The van der Waals surface area contributed by atoms with Gasteiger partial charge in [0.2, 0.25) is 0 Å². The molecule has 3 heteroatoms. The second-order valence-electron chi connectivity index (χ2n) is 5.00. The zero-order valence-electron chi connectivity index (χ0n) is 10.3. The van der Waals surface area contributed by atoms with Crippen LogP contribution in [0.1, 0.15) is 53.4 Å². The highest BCUT2D eigenvalue weighted by molar-refractivity contribution is 5.83. The van der Waals surface area contributed by atoms with Crippen LogP contribution in [0.4, 0.5) is 0 Å². The molecule has 0 rings (SSSR count). The maximum atomic E-state index is 11.4. The quantitative estimate of drug-likeness (QED) is 0.638. The predicted octanol–water partition coefficient (Wildman–Crippen LogP) is 2.73. The molecule has 0 bridgehead atoms. The largest absolute Gasteiger partial charge is 0.466 e. The number of Topliss-reactive ketones (excluding diaryl/α,β-unsaturated/α-hetero) is 1. The summed E-state index contributed by atoms with van der Waals surface area (Å²) in [5.74, 6) is -0.130. The molecule has 0 fully saturated rings. The number of carbonyl (C=O) groups is 2. The molecule has 0 amide bonds. The molecule has 0 radical (unpaired) electrons. The van der Waals surface area contributed by atoms with Crippen molar-refractivity contribution >= 4 is 11.8 Å². The molecule has 0 spiro atoms. The Labute approximate surface area is 92.2 Å². The third kappa shape index (κ3) is 9.44. The van der Waals surface area contributed by atoms with Gasteiger partial charge in [-0.1, -0.05) is 27.7 Å². The van der Waals surface area contributed by atoms with Crippen LogP contribution in [0.15, 0.2) is 0 Å². The van der Waals surface area contributed by atoms with Gasteiger partial charge in [0.05, 0.1) is 13.0 Å². The number of carbonyl (C=O) groups excluding carboxylic acids is 2. The van der Waals surface area contributed by atoms with Gasteiger partial charge in [0.25, 0.3) is 0 Å². The van der Waals surface area contributed by atoms with Crippen LogP contribution in [-0.2, 0) is 14.3 Å². The second kappa shape index (κ2) is 6.59. The monoisotopic (exact) mass is 214 g/mol. The lowest BCUT2D eigenvalue weighted by Crippen LogP contribution is -2.14. The Morgan fingerprint density at radius 1 is 1.13 bits per heavy atom. The van der Waals surface area contributed by atoms with Crippen LogP contribution in [0.25, 0.3) is 0 Å². The van der Waals surface area contributed by atoms with Crippen molar-refractivity contribution in [1.29, 1.82) is 0 Å². The minimum absolute atomic E-state index is 0.00437. The number of esters is 1. The summed E-state index contributed by atoms with van der Waals surface area (Å²) < 4.78 is 4.88. The minimum Gasteiger partial charge on any atom is -0.466 e. The van der Waals surface area contributed by atoms with Crippen LogP contribution in [0.3, 0.4) is 0 Å². The maximum absolute atomic E-state index is 11.4. The molecule has 0 heterocycles. The Morgan fingerprint density at radius 2 is 1.73 bits per heavy atom. The lowest BCUT2D eigenvalue weighted by Gasteiger charge is -2.16. The third-order valence-electron chi connectivity index (χ3n) is 1.80. The first-order valence-corrected chi connectivity index (χ1v) is 5.52. The van der Waals surface area contributed by atoms with E-state index < -0.39 is 0 Å². The molecule has 0 saturated heterocycles. The van der Waals surface area contributed by atoms with E-state index in [1.54, 1.807) is 0 Å². The summed E-state index contributed by atoms with van der Waals surface area (Å²) in [4.78, 5) is 22.5. The molecule has 88 valence electrons. The first-order chi connectivity index (χ1) is 6.85. The van der Waals surface area contributed by atoms with Crippen LogP contribution in [0, 0.1) is 5.41 Å². The fourth-order valence-corrected chi connectivity index (χ4v) is 1.21. The average Bonchev–Trinajstić information content (AvgIpc) is 2.08. The van der Waals surface area contributed by atoms with E-state index in [0.717, 1.165) is 6.42 Å². The third-order valence-corrected chi connectivity index (χ3v) is 1.80. The smallest absolute Gasteiger partial charge is 0.306 e. The lowest BCUT2D eigenvalue weighted by molar-refractivity contribution is -0.145.